The molecule has 6 nitrogen and oxygen atoms in total. The van der Waals surface area contributed by atoms with Crippen LogP contribution in [-0.4, -0.2) is 16.2 Å². The van der Waals surface area contributed by atoms with E-state index in [1.54, 1.807) is 12.1 Å². The number of benzene rings is 1. The van der Waals surface area contributed by atoms with Crippen molar-refractivity contribution in [2.45, 2.75) is 13.3 Å². The van der Waals surface area contributed by atoms with E-state index < -0.39 is 5.91 Å². The fraction of sp³-hybridized carbons (Fsp3) is 0.105. The molecule has 0 unspecified atom stereocenters. The van der Waals surface area contributed by atoms with Gasteiger partial charge in [-0.1, -0.05) is 47.6 Å². The lowest BCUT2D eigenvalue weighted by Gasteiger charge is -1.98. The van der Waals surface area contributed by atoms with Crippen LogP contribution in [-0.2, 0) is 6.42 Å². The zero-order valence-electron chi connectivity index (χ0n) is 13.9. The Morgan fingerprint density at radius 2 is 1.96 bits per heavy atom. The van der Waals surface area contributed by atoms with E-state index in [0.717, 1.165) is 16.9 Å². The standard InChI is InChI=1S/C19H15N3O3S/c1-2-12-5-7-13(8-6-12)14-11-18(25-21-14)20-19(23)15-10-16(24-22-15)17-4-3-9-26-17/h3-11H,2H2,1H3,(H,20,23). The normalized spacial score (nSPS) is 10.8. The van der Waals surface area contributed by atoms with Crippen LogP contribution >= 0.6 is 11.3 Å². The highest BCUT2D eigenvalue weighted by Gasteiger charge is 2.16. The Balaban J connectivity index is 1.47. The van der Waals surface area contributed by atoms with Crippen molar-refractivity contribution in [3.63, 3.8) is 0 Å². The molecule has 0 saturated carbocycles. The molecule has 0 aliphatic heterocycles. The summed E-state index contributed by atoms with van der Waals surface area (Å²) in [5.41, 5.74) is 3.01. The van der Waals surface area contributed by atoms with Crippen LogP contribution < -0.4 is 5.32 Å². The SMILES string of the molecule is CCc1ccc(-c2cc(NC(=O)c3cc(-c4cccs4)on3)on2)cc1. The predicted molar refractivity (Wildman–Crippen MR) is 99.1 cm³/mol. The van der Waals surface area contributed by atoms with E-state index in [2.05, 4.69) is 22.6 Å². The van der Waals surface area contributed by atoms with Gasteiger partial charge in [-0.15, -0.1) is 11.3 Å². The van der Waals surface area contributed by atoms with Crippen molar-refractivity contribution in [3.05, 3.63) is 65.2 Å². The van der Waals surface area contributed by atoms with E-state index in [1.165, 1.54) is 16.9 Å². The number of hydrogen-bond acceptors (Lipinski definition) is 6. The van der Waals surface area contributed by atoms with Gasteiger partial charge < -0.3 is 9.05 Å². The molecule has 7 heteroatoms. The van der Waals surface area contributed by atoms with Crippen LogP contribution in [0.2, 0.25) is 0 Å². The maximum Gasteiger partial charge on any atom is 0.280 e. The van der Waals surface area contributed by atoms with Gasteiger partial charge in [0, 0.05) is 17.7 Å². The molecule has 4 aromatic rings. The smallest absolute Gasteiger partial charge is 0.280 e. The molecule has 1 amide bonds. The minimum Gasteiger partial charge on any atom is -0.355 e. The van der Waals surface area contributed by atoms with Crippen LogP contribution in [0.15, 0.2) is 63.0 Å². The van der Waals surface area contributed by atoms with E-state index in [0.29, 0.717) is 11.5 Å². The van der Waals surface area contributed by atoms with Gasteiger partial charge in [0.1, 0.15) is 5.69 Å². The number of amides is 1. The summed E-state index contributed by atoms with van der Waals surface area (Å²) in [6, 6.07) is 15.1. The number of nitrogens with one attached hydrogen (secondary N) is 1. The average Bonchev–Trinajstić information content (AvgIpc) is 3.41. The number of aromatic nitrogens is 2. The van der Waals surface area contributed by atoms with Gasteiger partial charge in [-0.25, -0.2) is 0 Å². The van der Waals surface area contributed by atoms with Crippen molar-refractivity contribution in [1.82, 2.24) is 10.3 Å². The van der Waals surface area contributed by atoms with Crippen LogP contribution in [0, 0.1) is 0 Å². The Bertz CT molecular complexity index is 1020. The number of thiophene rings is 1. The molecule has 0 atom stereocenters. The van der Waals surface area contributed by atoms with Crippen LogP contribution in [0.1, 0.15) is 23.0 Å². The third-order valence-electron chi connectivity index (χ3n) is 3.91. The number of carbonyl (C=O) groups is 1. The second-order valence-corrected chi connectivity index (χ2v) is 6.58. The molecule has 0 aliphatic rings. The van der Waals surface area contributed by atoms with E-state index >= 15 is 0 Å². The minimum absolute atomic E-state index is 0.179. The zero-order chi connectivity index (χ0) is 17.9. The maximum absolute atomic E-state index is 12.3. The Morgan fingerprint density at radius 1 is 1.12 bits per heavy atom. The van der Waals surface area contributed by atoms with Gasteiger partial charge in [-0.2, -0.15) is 0 Å². The first-order valence-corrected chi connectivity index (χ1v) is 8.99. The van der Waals surface area contributed by atoms with Crippen molar-refractivity contribution in [2.24, 2.45) is 0 Å². The van der Waals surface area contributed by atoms with Gasteiger partial charge in [0.15, 0.2) is 11.5 Å². The summed E-state index contributed by atoms with van der Waals surface area (Å²) in [6.07, 6.45) is 0.978. The third kappa shape index (κ3) is 3.29. The molecule has 0 radical (unpaired) electrons. The van der Waals surface area contributed by atoms with Crippen molar-refractivity contribution in [2.75, 3.05) is 5.32 Å². The molecule has 0 saturated heterocycles. The molecule has 1 N–H and O–H groups in total. The molecule has 4 rings (SSSR count). The highest BCUT2D eigenvalue weighted by molar-refractivity contribution is 7.13. The summed E-state index contributed by atoms with van der Waals surface area (Å²) >= 11 is 1.51. The molecule has 3 aromatic heterocycles. The van der Waals surface area contributed by atoms with Gasteiger partial charge in [0.05, 0.1) is 4.88 Å². The number of anilines is 1. The Hall–Kier alpha value is -3.19. The minimum atomic E-state index is -0.416. The van der Waals surface area contributed by atoms with Crippen molar-refractivity contribution >= 4 is 23.1 Å². The number of nitrogens with zero attached hydrogens (tertiary/aromatic N) is 2. The second-order valence-electron chi connectivity index (χ2n) is 5.63. The molecule has 1 aromatic carbocycles. The van der Waals surface area contributed by atoms with E-state index in [4.69, 9.17) is 9.05 Å². The lowest BCUT2D eigenvalue weighted by Crippen LogP contribution is -2.11. The predicted octanol–water partition coefficient (Wildman–Crippen LogP) is 4.87. The fourth-order valence-electron chi connectivity index (χ4n) is 2.47. The third-order valence-corrected chi connectivity index (χ3v) is 4.80. The van der Waals surface area contributed by atoms with Crippen LogP contribution in [0.5, 0.6) is 0 Å². The maximum atomic E-state index is 12.3. The first-order chi connectivity index (χ1) is 12.7. The second kappa shape index (κ2) is 6.97. The number of aryl methyl sites for hydroxylation is 1. The summed E-state index contributed by atoms with van der Waals surface area (Å²) in [4.78, 5) is 13.2. The monoisotopic (exact) mass is 365 g/mol. The summed E-state index contributed by atoms with van der Waals surface area (Å²) in [7, 11) is 0. The molecule has 26 heavy (non-hydrogen) atoms. The van der Waals surface area contributed by atoms with Gasteiger partial charge in [0.2, 0.25) is 5.88 Å². The van der Waals surface area contributed by atoms with Gasteiger partial charge >= 0.3 is 0 Å². The summed E-state index contributed by atoms with van der Waals surface area (Å²) in [6.45, 7) is 2.10. The van der Waals surface area contributed by atoms with Crippen molar-refractivity contribution in [1.29, 1.82) is 0 Å². The number of hydrogen-bond donors (Lipinski definition) is 1. The zero-order valence-corrected chi connectivity index (χ0v) is 14.7. The van der Waals surface area contributed by atoms with E-state index in [-0.39, 0.29) is 11.6 Å². The largest absolute Gasteiger partial charge is 0.355 e. The lowest BCUT2D eigenvalue weighted by atomic mass is 10.1. The Kier molecular flexibility index (Phi) is 4.37. The number of rotatable bonds is 5. The molecule has 0 spiro atoms. The molecule has 0 fully saturated rings. The number of carbonyl (C=O) groups excluding carboxylic acids is 1. The summed E-state index contributed by atoms with van der Waals surface area (Å²) in [5.74, 6) is 0.394. The van der Waals surface area contributed by atoms with Crippen LogP contribution in [0.3, 0.4) is 0 Å². The first kappa shape index (κ1) is 16.3. The highest BCUT2D eigenvalue weighted by Crippen LogP contribution is 2.26. The average molecular weight is 365 g/mol. The highest BCUT2D eigenvalue weighted by atomic mass is 32.1. The topological polar surface area (TPSA) is 81.2 Å². The molecule has 0 bridgehead atoms. The van der Waals surface area contributed by atoms with Gasteiger partial charge in [0.25, 0.3) is 5.91 Å². The summed E-state index contributed by atoms with van der Waals surface area (Å²) in [5, 5.41) is 12.4. The quantitative estimate of drug-likeness (QED) is 0.545. The fourth-order valence-corrected chi connectivity index (χ4v) is 3.15. The Morgan fingerprint density at radius 3 is 2.69 bits per heavy atom. The van der Waals surface area contributed by atoms with Crippen LogP contribution in [0.25, 0.3) is 21.9 Å². The van der Waals surface area contributed by atoms with Crippen molar-refractivity contribution in [3.8, 4) is 21.9 Å². The van der Waals surface area contributed by atoms with Crippen molar-refractivity contribution < 1.29 is 13.8 Å². The first-order valence-electron chi connectivity index (χ1n) is 8.11. The molecule has 130 valence electrons. The molecular weight excluding hydrogens is 350 g/mol. The molecular formula is C19H15N3O3S. The van der Waals surface area contributed by atoms with Gasteiger partial charge in [-0.05, 0) is 23.4 Å². The summed E-state index contributed by atoms with van der Waals surface area (Å²) < 4.78 is 10.4. The molecule has 0 aliphatic carbocycles. The molecule has 3 heterocycles. The van der Waals surface area contributed by atoms with Crippen LogP contribution in [0.4, 0.5) is 5.88 Å². The Labute approximate surface area is 153 Å². The van der Waals surface area contributed by atoms with E-state index in [1.807, 2.05) is 41.8 Å². The van der Waals surface area contributed by atoms with E-state index in [9.17, 15) is 4.79 Å². The lowest BCUT2D eigenvalue weighted by molar-refractivity contribution is 0.101. The van der Waals surface area contributed by atoms with Gasteiger partial charge in [-0.3, -0.25) is 10.1 Å².